The second-order valence-electron chi connectivity index (χ2n) is 5.81. The molecule has 0 aliphatic heterocycles. The molecule has 1 N–H and O–H groups in total. The Hall–Kier alpha value is -2.17. The Labute approximate surface area is 137 Å². The van der Waals surface area contributed by atoms with Crippen LogP contribution in [-0.4, -0.2) is 31.1 Å². The molecular formula is C18H26O5. The van der Waals surface area contributed by atoms with Crippen LogP contribution in [0, 0.1) is 20.8 Å². The molecule has 5 heteroatoms. The van der Waals surface area contributed by atoms with E-state index in [0.717, 1.165) is 28.0 Å². The lowest BCUT2D eigenvalue weighted by atomic mass is 9.90. The predicted octanol–water partition coefficient (Wildman–Crippen LogP) is 3.99. The van der Waals surface area contributed by atoms with Crippen molar-refractivity contribution in [2.45, 2.75) is 46.1 Å². The van der Waals surface area contributed by atoms with E-state index in [0.29, 0.717) is 12.8 Å². The fraction of sp³-hybridized carbons (Fsp3) is 0.500. The molecule has 23 heavy (non-hydrogen) atoms. The number of phenolic OH excluding ortho intramolecular Hbond substituents is 1. The van der Waals surface area contributed by atoms with Gasteiger partial charge in [-0.05, 0) is 63.3 Å². The zero-order valence-electron chi connectivity index (χ0n) is 14.8. The van der Waals surface area contributed by atoms with E-state index in [-0.39, 0.29) is 5.75 Å². The van der Waals surface area contributed by atoms with Crippen molar-refractivity contribution in [3.63, 3.8) is 0 Å². The van der Waals surface area contributed by atoms with Crippen molar-refractivity contribution in [1.29, 1.82) is 0 Å². The molecule has 128 valence electrons. The Kier molecular flexibility index (Phi) is 6.07. The van der Waals surface area contributed by atoms with Crippen LogP contribution in [-0.2, 0) is 15.9 Å². The average Bonchev–Trinajstić information content (AvgIpc) is 2.53. The zero-order valence-corrected chi connectivity index (χ0v) is 14.8. The van der Waals surface area contributed by atoms with Crippen LogP contribution in [0.2, 0.25) is 0 Å². The summed E-state index contributed by atoms with van der Waals surface area (Å²) in [5.41, 5.74) is 2.50. The number of hydrogen-bond acceptors (Lipinski definition) is 5. The van der Waals surface area contributed by atoms with Gasteiger partial charge in [0.2, 0.25) is 0 Å². The molecule has 0 amide bonds. The number of benzene rings is 1. The molecule has 1 aromatic rings. The summed E-state index contributed by atoms with van der Waals surface area (Å²) in [6.45, 7) is 11.2. The molecule has 0 aliphatic rings. The van der Waals surface area contributed by atoms with Crippen LogP contribution >= 0.6 is 0 Å². The third-order valence-electron chi connectivity index (χ3n) is 4.33. The number of aromatic hydroxyl groups is 1. The van der Waals surface area contributed by atoms with Crippen LogP contribution in [0.15, 0.2) is 12.7 Å². The monoisotopic (exact) mass is 322 g/mol. The van der Waals surface area contributed by atoms with Gasteiger partial charge >= 0.3 is 6.16 Å². The van der Waals surface area contributed by atoms with Crippen molar-refractivity contribution in [2.24, 2.45) is 0 Å². The van der Waals surface area contributed by atoms with Gasteiger partial charge in [0.1, 0.15) is 17.1 Å². The summed E-state index contributed by atoms with van der Waals surface area (Å²) < 4.78 is 15.3. The Morgan fingerprint density at radius 2 is 1.83 bits per heavy atom. The average molecular weight is 322 g/mol. The maximum atomic E-state index is 11.4. The van der Waals surface area contributed by atoms with E-state index < -0.39 is 11.8 Å². The van der Waals surface area contributed by atoms with E-state index in [2.05, 4.69) is 11.3 Å². The minimum atomic E-state index is -0.877. The SMILES string of the molecule is C=CC(C)(CCc1c(C)c(OC)c(C)c(C)c1O)OC(=O)OC. The van der Waals surface area contributed by atoms with E-state index in [4.69, 9.17) is 9.47 Å². The van der Waals surface area contributed by atoms with Gasteiger partial charge in [0, 0.05) is 5.56 Å². The van der Waals surface area contributed by atoms with Gasteiger partial charge in [-0.2, -0.15) is 0 Å². The van der Waals surface area contributed by atoms with Crippen LogP contribution in [0.4, 0.5) is 4.79 Å². The molecule has 0 aliphatic carbocycles. The highest BCUT2D eigenvalue weighted by molar-refractivity contribution is 5.61. The lowest BCUT2D eigenvalue weighted by Gasteiger charge is -2.26. The normalized spacial score (nSPS) is 13.1. The largest absolute Gasteiger partial charge is 0.508 e. The minimum Gasteiger partial charge on any atom is -0.507 e. The van der Waals surface area contributed by atoms with Gasteiger partial charge < -0.3 is 19.3 Å². The Bertz CT molecular complexity index is 606. The summed E-state index contributed by atoms with van der Waals surface area (Å²) >= 11 is 0. The van der Waals surface area contributed by atoms with Gasteiger partial charge in [-0.3, -0.25) is 0 Å². The molecule has 0 bridgehead atoms. The first-order valence-corrected chi connectivity index (χ1v) is 7.46. The summed E-state index contributed by atoms with van der Waals surface area (Å²) in [6.07, 6.45) is 1.78. The molecule has 0 radical (unpaired) electrons. The molecule has 5 nitrogen and oxygen atoms in total. The molecule has 1 atom stereocenters. The fourth-order valence-corrected chi connectivity index (χ4v) is 2.58. The number of phenols is 1. The van der Waals surface area contributed by atoms with Gasteiger partial charge in [0.25, 0.3) is 0 Å². The van der Waals surface area contributed by atoms with E-state index in [1.165, 1.54) is 7.11 Å². The van der Waals surface area contributed by atoms with E-state index in [1.807, 2.05) is 20.8 Å². The van der Waals surface area contributed by atoms with Crippen molar-refractivity contribution >= 4 is 6.16 Å². The summed E-state index contributed by atoms with van der Waals surface area (Å²) in [4.78, 5) is 11.4. The van der Waals surface area contributed by atoms with E-state index in [1.54, 1.807) is 20.1 Å². The molecular weight excluding hydrogens is 296 g/mol. The predicted molar refractivity (Wildman–Crippen MR) is 89.3 cm³/mol. The number of hydrogen-bond donors (Lipinski definition) is 1. The van der Waals surface area contributed by atoms with Crippen molar-refractivity contribution in [3.05, 3.63) is 34.9 Å². The molecule has 0 spiro atoms. The minimum absolute atomic E-state index is 0.255. The van der Waals surface area contributed by atoms with Crippen LogP contribution in [0.3, 0.4) is 0 Å². The Balaban J connectivity index is 3.12. The fourth-order valence-electron chi connectivity index (χ4n) is 2.58. The molecule has 0 saturated carbocycles. The standard InChI is InChI=1S/C18H26O5/c1-8-18(5,23-17(20)22-7)10-9-14-13(4)16(21-6)12(3)11(2)15(14)19/h8,19H,1,9-10H2,2-7H3. The van der Waals surface area contributed by atoms with E-state index in [9.17, 15) is 9.90 Å². The van der Waals surface area contributed by atoms with Gasteiger partial charge in [-0.25, -0.2) is 4.79 Å². The number of rotatable bonds is 6. The number of carbonyl (C=O) groups is 1. The maximum absolute atomic E-state index is 11.4. The van der Waals surface area contributed by atoms with Gasteiger partial charge in [0.05, 0.1) is 14.2 Å². The van der Waals surface area contributed by atoms with Crippen molar-refractivity contribution in [2.75, 3.05) is 14.2 Å². The third kappa shape index (κ3) is 3.97. The summed E-state index contributed by atoms with van der Waals surface area (Å²) in [5, 5.41) is 10.5. The zero-order chi connectivity index (χ0) is 17.8. The van der Waals surface area contributed by atoms with Gasteiger partial charge in [-0.1, -0.05) is 6.58 Å². The van der Waals surface area contributed by atoms with Crippen LogP contribution in [0.5, 0.6) is 11.5 Å². The Morgan fingerprint density at radius 3 is 2.30 bits per heavy atom. The first-order valence-electron chi connectivity index (χ1n) is 7.46. The first-order chi connectivity index (χ1) is 10.7. The second kappa shape index (κ2) is 7.40. The topological polar surface area (TPSA) is 65.0 Å². The summed E-state index contributed by atoms with van der Waals surface area (Å²) in [5.74, 6) is 1.02. The summed E-state index contributed by atoms with van der Waals surface area (Å²) in [6, 6.07) is 0. The van der Waals surface area contributed by atoms with Crippen LogP contribution in [0.1, 0.15) is 35.6 Å². The first kappa shape index (κ1) is 18.9. The van der Waals surface area contributed by atoms with Crippen molar-refractivity contribution in [1.82, 2.24) is 0 Å². The van der Waals surface area contributed by atoms with Crippen molar-refractivity contribution in [3.8, 4) is 11.5 Å². The van der Waals surface area contributed by atoms with Gasteiger partial charge in [-0.15, -0.1) is 0 Å². The molecule has 0 saturated heterocycles. The summed E-state index contributed by atoms with van der Waals surface area (Å²) in [7, 11) is 2.87. The van der Waals surface area contributed by atoms with Crippen LogP contribution in [0.25, 0.3) is 0 Å². The number of carbonyl (C=O) groups excluding carboxylic acids is 1. The third-order valence-corrected chi connectivity index (χ3v) is 4.33. The molecule has 0 fully saturated rings. The number of methoxy groups -OCH3 is 2. The second-order valence-corrected chi connectivity index (χ2v) is 5.81. The van der Waals surface area contributed by atoms with Gasteiger partial charge in [0.15, 0.2) is 0 Å². The number of ether oxygens (including phenoxy) is 3. The van der Waals surface area contributed by atoms with E-state index >= 15 is 0 Å². The highest BCUT2D eigenvalue weighted by Gasteiger charge is 2.27. The molecule has 1 rings (SSSR count). The van der Waals surface area contributed by atoms with Crippen molar-refractivity contribution < 1.29 is 24.1 Å². The smallest absolute Gasteiger partial charge is 0.507 e. The van der Waals surface area contributed by atoms with Crippen LogP contribution < -0.4 is 4.74 Å². The highest BCUT2D eigenvalue weighted by Crippen LogP contribution is 2.38. The lowest BCUT2D eigenvalue weighted by Crippen LogP contribution is -2.30. The lowest BCUT2D eigenvalue weighted by molar-refractivity contribution is 0.00497. The maximum Gasteiger partial charge on any atom is 0.508 e. The molecule has 1 unspecified atom stereocenters. The molecule has 0 heterocycles. The Morgan fingerprint density at radius 1 is 1.22 bits per heavy atom. The quantitative estimate of drug-likeness (QED) is 0.634. The highest BCUT2D eigenvalue weighted by atomic mass is 16.7. The molecule has 1 aromatic carbocycles. The molecule has 0 aromatic heterocycles.